The van der Waals surface area contributed by atoms with E-state index in [1.807, 2.05) is 30.4 Å². The molecule has 0 amide bonds. The first-order valence-corrected chi connectivity index (χ1v) is 7.06. The van der Waals surface area contributed by atoms with Crippen molar-refractivity contribution in [3.05, 3.63) is 60.2 Å². The number of nitrogens with one attached hydrogen (secondary N) is 2. The molecule has 0 aliphatic heterocycles. The number of allylic oxidation sites excluding steroid dienone is 3. The lowest BCUT2D eigenvalue weighted by Crippen LogP contribution is -2.35. The second-order valence-electron chi connectivity index (χ2n) is 4.47. The minimum absolute atomic E-state index is 0.658. The van der Waals surface area contributed by atoms with Crippen LogP contribution in [0, 0.1) is 6.42 Å². The van der Waals surface area contributed by atoms with Crippen molar-refractivity contribution in [1.82, 2.24) is 10.6 Å². The number of hydrogen-bond acceptors (Lipinski definition) is 2. The van der Waals surface area contributed by atoms with Crippen LogP contribution in [0.3, 0.4) is 0 Å². The number of methoxy groups -OCH3 is 1. The van der Waals surface area contributed by atoms with Gasteiger partial charge in [0.2, 0.25) is 0 Å². The standard InChI is InChI=1S/C16H19N2OS/c1-19-15-9-5-6-13(12-15)10-11-17-16(20)18-14-7-3-2-4-8-14/h2-3,5-9,12H,4,10-11H2,1H3,(H2,17,18,20). The number of hydrogen-bond donors (Lipinski definition) is 2. The van der Waals surface area contributed by atoms with Crippen molar-refractivity contribution in [1.29, 1.82) is 0 Å². The highest BCUT2D eigenvalue weighted by Gasteiger charge is 2.01. The number of ether oxygens (including phenoxy) is 1. The Morgan fingerprint density at radius 2 is 2.30 bits per heavy atom. The Morgan fingerprint density at radius 3 is 3.05 bits per heavy atom. The van der Waals surface area contributed by atoms with Gasteiger partial charge < -0.3 is 15.4 Å². The van der Waals surface area contributed by atoms with Gasteiger partial charge in [0.1, 0.15) is 5.75 Å². The summed E-state index contributed by atoms with van der Waals surface area (Å²) in [5.74, 6) is 0.886. The quantitative estimate of drug-likeness (QED) is 0.816. The Morgan fingerprint density at radius 1 is 1.40 bits per heavy atom. The molecule has 0 atom stereocenters. The third-order valence-corrected chi connectivity index (χ3v) is 3.22. The molecule has 0 unspecified atom stereocenters. The molecular weight excluding hydrogens is 268 g/mol. The van der Waals surface area contributed by atoms with E-state index in [1.54, 1.807) is 7.11 Å². The molecule has 0 aromatic heterocycles. The topological polar surface area (TPSA) is 33.3 Å². The maximum atomic E-state index is 5.27. The third-order valence-electron chi connectivity index (χ3n) is 2.98. The van der Waals surface area contributed by atoms with E-state index in [4.69, 9.17) is 17.0 Å². The van der Waals surface area contributed by atoms with Crippen molar-refractivity contribution in [3.8, 4) is 5.75 Å². The summed E-state index contributed by atoms with van der Waals surface area (Å²) in [5, 5.41) is 7.05. The van der Waals surface area contributed by atoms with E-state index in [0.29, 0.717) is 5.11 Å². The zero-order valence-electron chi connectivity index (χ0n) is 11.6. The van der Waals surface area contributed by atoms with Gasteiger partial charge in [-0.1, -0.05) is 24.3 Å². The van der Waals surface area contributed by atoms with Gasteiger partial charge in [0.15, 0.2) is 5.11 Å². The Balaban J connectivity index is 1.73. The van der Waals surface area contributed by atoms with Gasteiger partial charge in [-0.2, -0.15) is 0 Å². The summed E-state index contributed by atoms with van der Waals surface area (Å²) < 4.78 is 5.21. The summed E-state index contributed by atoms with van der Waals surface area (Å²) in [7, 11) is 1.68. The van der Waals surface area contributed by atoms with Crippen molar-refractivity contribution in [2.24, 2.45) is 0 Å². The van der Waals surface area contributed by atoms with E-state index in [-0.39, 0.29) is 0 Å². The van der Waals surface area contributed by atoms with E-state index in [9.17, 15) is 0 Å². The average Bonchev–Trinajstić information content (AvgIpc) is 2.48. The van der Waals surface area contributed by atoms with Crippen LogP contribution < -0.4 is 15.4 Å². The van der Waals surface area contributed by atoms with Gasteiger partial charge in [-0.25, -0.2) is 0 Å². The first kappa shape index (κ1) is 14.6. The monoisotopic (exact) mass is 287 g/mol. The summed E-state index contributed by atoms with van der Waals surface area (Å²) >= 11 is 5.27. The fraction of sp³-hybridized carbons (Fsp3) is 0.250. The highest BCUT2D eigenvalue weighted by molar-refractivity contribution is 7.80. The minimum Gasteiger partial charge on any atom is -0.497 e. The van der Waals surface area contributed by atoms with Gasteiger partial charge in [-0.3, -0.25) is 0 Å². The maximum absolute atomic E-state index is 5.27. The number of rotatable bonds is 5. The van der Waals surface area contributed by atoms with Crippen LogP contribution >= 0.6 is 12.2 Å². The second-order valence-corrected chi connectivity index (χ2v) is 4.88. The van der Waals surface area contributed by atoms with Gasteiger partial charge in [0, 0.05) is 12.2 Å². The first-order valence-electron chi connectivity index (χ1n) is 6.66. The van der Waals surface area contributed by atoms with Crippen molar-refractivity contribution >= 4 is 17.3 Å². The predicted molar refractivity (Wildman–Crippen MR) is 86.6 cm³/mol. The normalized spacial score (nSPS) is 13.6. The molecule has 1 aromatic carbocycles. The van der Waals surface area contributed by atoms with E-state index >= 15 is 0 Å². The smallest absolute Gasteiger partial charge is 0.170 e. The minimum atomic E-state index is 0.658. The van der Waals surface area contributed by atoms with Gasteiger partial charge in [0.25, 0.3) is 0 Å². The lowest BCUT2D eigenvalue weighted by atomic mass is 10.1. The van der Waals surface area contributed by atoms with Crippen LogP contribution in [0.1, 0.15) is 12.0 Å². The van der Waals surface area contributed by atoms with Crippen molar-refractivity contribution in [2.75, 3.05) is 13.7 Å². The molecule has 0 fully saturated rings. The highest BCUT2D eigenvalue weighted by atomic mass is 32.1. The maximum Gasteiger partial charge on any atom is 0.170 e. The van der Waals surface area contributed by atoms with Crippen LogP contribution in [-0.2, 0) is 6.42 Å². The number of thiocarbonyl (C=S) groups is 1. The van der Waals surface area contributed by atoms with E-state index in [0.717, 1.165) is 30.8 Å². The zero-order chi connectivity index (χ0) is 14.2. The zero-order valence-corrected chi connectivity index (χ0v) is 12.4. The Bertz CT molecular complexity index is 523. The van der Waals surface area contributed by atoms with Crippen molar-refractivity contribution in [2.45, 2.75) is 12.8 Å². The molecule has 0 spiro atoms. The first-order chi connectivity index (χ1) is 9.78. The molecule has 1 aromatic rings. The van der Waals surface area contributed by atoms with E-state index in [1.165, 1.54) is 5.56 Å². The highest BCUT2D eigenvalue weighted by Crippen LogP contribution is 2.12. The SMILES string of the molecule is COc1cccc(CCNC(=S)NC2=CC[CH]C=C2)c1. The van der Waals surface area contributed by atoms with Crippen molar-refractivity contribution < 1.29 is 4.74 Å². The van der Waals surface area contributed by atoms with Crippen LogP contribution in [-0.4, -0.2) is 18.8 Å². The van der Waals surface area contributed by atoms with Gasteiger partial charge in [0.05, 0.1) is 7.11 Å². The summed E-state index contributed by atoms with van der Waals surface area (Å²) in [4.78, 5) is 0. The summed E-state index contributed by atoms with van der Waals surface area (Å²) in [5.41, 5.74) is 2.28. The molecule has 0 heterocycles. The Labute approximate surface area is 125 Å². The molecule has 105 valence electrons. The predicted octanol–water partition coefficient (Wildman–Crippen LogP) is 2.75. The van der Waals surface area contributed by atoms with Crippen LogP contribution in [0.4, 0.5) is 0 Å². The Kier molecular flexibility index (Phi) is 5.62. The summed E-state index contributed by atoms with van der Waals surface area (Å²) in [6, 6.07) is 8.07. The lowest BCUT2D eigenvalue weighted by Gasteiger charge is -2.13. The molecule has 0 saturated carbocycles. The Hall–Kier alpha value is -1.81. The van der Waals surface area contributed by atoms with Crippen LogP contribution in [0.25, 0.3) is 0 Å². The van der Waals surface area contributed by atoms with E-state index < -0.39 is 0 Å². The molecule has 4 heteroatoms. The molecule has 1 aliphatic carbocycles. The largest absolute Gasteiger partial charge is 0.497 e. The van der Waals surface area contributed by atoms with Gasteiger partial charge in [-0.15, -0.1) is 0 Å². The van der Waals surface area contributed by atoms with Crippen molar-refractivity contribution in [3.63, 3.8) is 0 Å². The van der Waals surface area contributed by atoms with Crippen LogP contribution in [0.5, 0.6) is 5.75 Å². The third kappa shape index (κ3) is 4.70. The molecule has 3 nitrogen and oxygen atoms in total. The van der Waals surface area contributed by atoms with E-state index in [2.05, 4.69) is 29.2 Å². The van der Waals surface area contributed by atoms with Crippen LogP contribution in [0.15, 0.2) is 48.2 Å². The van der Waals surface area contributed by atoms with Crippen LogP contribution in [0.2, 0.25) is 0 Å². The molecule has 1 aliphatic rings. The van der Waals surface area contributed by atoms with Gasteiger partial charge in [-0.05, 0) is 55.3 Å². The number of benzene rings is 1. The summed E-state index contributed by atoms with van der Waals surface area (Å²) in [6.07, 6.45) is 10.1. The second kappa shape index (κ2) is 7.70. The molecular formula is C16H19N2OS. The molecule has 1 radical (unpaired) electrons. The fourth-order valence-corrected chi connectivity index (χ4v) is 2.15. The lowest BCUT2D eigenvalue weighted by molar-refractivity contribution is 0.414. The summed E-state index contributed by atoms with van der Waals surface area (Å²) in [6.45, 7) is 0.794. The molecule has 0 bridgehead atoms. The molecule has 0 saturated heterocycles. The fourth-order valence-electron chi connectivity index (χ4n) is 1.93. The molecule has 2 rings (SSSR count). The van der Waals surface area contributed by atoms with Gasteiger partial charge >= 0.3 is 0 Å². The average molecular weight is 287 g/mol. The molecule has 20 heavy (non-hydrogen) atoms. The molecule has 2 N–H and O–H groups in total.